The number of nitrogens with one attached hydrogen (secondary N) is 1. The third-order valence-corrected chi connectivity index (χ3v) is 3.42. The molecule has 0 aromatic carbocycles. The van der Waals surface area contributed by atoms with E-state index < -0.39 is 0 Å². The van der Waals surface area contributed by atoms with Crippen LogP contribution < -0.4 is 10.1 Å². The zero-order valence-electron chi connectivity index (χ0n) is 12.9. The lowest BCUT2D eigenvalue weighted by molar-refractivity contribution is 0.342. The molecular formula is C15H27N3O. The Labute approximate surface area is 117 Å². The Balaban J connectivity index is 2.56. The first kappa shape index (κ1) is 15.7. The molecule has 1 heterocycles. The lowest BCUT2D eigenvalue weighted by Gasteiger charge is -2.25. The maximum absolute atomic E-state index is 5.21. The molecule has 4 nitrogen and oxygen atoms in total. The van der Waals surface area contributed by atoms with Gasteiger partial charge in [0.1, 0.15) is 12.1 Å². The average Bonchev–Trinajstić information content (AvgIpc) is 2.38. The van der Waals surface area contributed by atoms with Gasteiger partial charge < -0.3 is 10.1 Å². The smallest absolute Gasteiger partial charge is 0.221 e. The molecule has 1 aromatic rings. The highest BCUT2D eigenvalue weighted by atomic mass is 16.5. The second-order valence-electron chi connectivity index (χ2n) is 5.83. The van der Waals surface area contributed by atoms with Gasteiger partial charge in [0.15, 0.2) is 0 Å². The molecule has 0 amide bonds. The molecule has 0 saturated heterocycles. The normalized spacial score (nSPS) is 11.4. The molecule has 0 bridgehead atoms. The Hall–Kier alpha value is -1.32. The highest BCUT2D eigenvalue weighted by molar-refractivity contribution is 5.47. The number of ether oxygens (including phenoxy) is 1. The van der Waals surface area contributed by atoms with E-state index in [0.29, 0.717) is 5.88 Å². The third kappa shape index (κ3) is 5.05. The molecule has 0 atom stereocenters. The van der Waals surface area contributed by atoms with Crippen molar-refractivity contribution in [1.82, 2.24) is 9.97 Å². The van der Waals surface area contributed by atoms with E-state index in [2.05, 4.69) is 36.1 Å². The first-order valence-corrected chi connectivity index (χ1v) is 7.09. The van der Waals surface area contributed by atoms with Crippen molar-refractivity contribution in [2.75, 3.05) is 19.0 Å². The second-order valence-corrected chi connectivity index (χ2v) is 5.83. The van der Waals surface area contributed by atoms with Crippen LogP contribution in [0.3, 0.4) is 0 Å². The van der Waals surface area contributed by atoms with Crippen LogP contribution in [0.15, 0.2) is 6.33 Å². The Kier molecular flexibility index (Phi) is 6.06. The van der Waals surface area contributed by atoms with E-state index in [0.717, 1.165) is 17.9 Å². The van der Waals surface area contributed by atoms with Crippen molar-refractivity contribution >= 4 is 5.82 Å². The van der Waals surface area contributed by atoms with Crippen LogP contribution in [0.2, 0.25) is 0 Å². The van der Waals surface area contributed by atoms with Gasteiger partial charge in [-0.1, -0.05) is 40.0 Å². The molecule has 0 aliphatic carbocycles. The highest BCUT2D eigenvalue weighted by Gasteiger charge is 2.18. The van der Waals surface area contributed by atoms with Crippen LogP contribution in [-0.2, 0) is 0 Å². The molecule has 108 valence electrons. The van der Waals surface area contributed by atoms with Gasteiger partial charge in [0.2, 0.25) is 5.88 Å². The fourth-order valence-corrected chi connectivity index (χ4v) is 2.08. The molecule has 4 heteroatoms. The molecule has 0 radical (unpaired) electrons. The van der Waals surface area contributed by atoms with Crippen LogP contribution in [0.25, 0.3) is 0 Å². The predicted molar refractivity (Wildman–Crippen MR) is 79.7 cm³/mol. The Morgan fingerprint density at radius 3 is 2.63 bits per heavy atom. The molecule has 1 rings (SSSR count). The van der Waals surface area contributed by atoms with Gasteiger partial charge in [0.25, 0.3) is 0 Å². The van der Waals surface area contributed by atoms with Crippen LogP contribution in [-0.4, -0.2) is 23.6 Å². The summed E-state index contributed by atoms with van der Waals surface area (Å²) in [5.74, 6) is 1.51. The maximum atomic E-state index is 5.21. The summed E-state index contributed by atoms with van der Waals surface area (Å²) in [5.41, 5.74) is 1.24. The maximum Gasteiger partial charge on any atom is 0.221 e. The molecule has 1 aromatic heterocycles. The standard InChI is InChI=1S/C15H27N3O/c1-6-7-8-9-15(3,4)10-16-13-12(2)14(19-5)18-11-17-13/h11H,6-10H2,1-5H3,(H,16,17,18). The van der Waals surface area contributed by atoms with Gasteiger partial charge in [-0.15, -0.1) is 0 Å². The summed E-state index contributed by atoms with van der Waals surface area (Å²) in [4.78, 5) is 8.37. The fraction of sp³-hybridized carbons (Fsp3) is 0.733. The summed E-state index contributed by atoms with van der Waals surface area (Å²) >= 11 is 0. The van der Waals surface area contributed by atoms with Crippen LogP contribution in [0, 0.1) is 12.3 Å². The first-order valence-electron chi connectivity index (χ1n) is 7.09. The zero-order valence-corrected chi connectivity index (χ0v) is 12.9. The summed E-state index contributed by atoms with van der Waals surface area (Å²) in [5, 5.41) is 3.42. The van der Waals surface area contributed by atoms with Crippen LogP contribution >= 0.6 is 0 Å². The summed E-state index contributed by atoms with van der Waals surface area (Å²) in [7, 11) is 1.63. The van der Waals surface area contributed by atoms with Crippen LogP contribution in [0.5, 0.6) is 5.88 Å². The van der Waals surface area contributed by atoms with Gasteiger partial charge in [-0.25, -0.2) is 9.97 Å². The van der Waals surface area contributed by atoms with Crippen LogP contribution in [0.4, 0.5) is 5.82 Å². The number of rotatable bonds is 8. The second kappa shape index (κ2) is 7.31. The van der Waals surface area contributed by atoms with E-state index in [9.17, 15) is 0 Å². The van der Waals surface area contributed by atoms with Gasteiger partial charge in [-0.3, -0.25) is 0 Å². The lowest BCUT2D eigenvalue weighted by Crippen LogP contribution is -2.24. The quantitative estimate of drug-likeness (QED) is 0.726. The van der Waals surface area contributed by atoms with E-state index in [1.54, 1.807) is 7.11 Å². The number of hydrogen-bond donors (Lipinski definition) is 1. The minimum atomic E-state index is 0.278. The van der Waals surface area contributed by atoms with Crippen molar-refractivity contribution in [3.63, 3.8) is 0 Å². The highest BCUT2D eigenvalue weighted by Crippen LogP contribution is 2.26. The van der Waals surface area contributed by atoms with Gasteiger partial charge in [0, 0.05) is 6.54 Å². The van der Waals surface area contributed by atoms with E-state index in [1.165, 1.54) is 32.0 Å². The third-order valence-electron chi connectivity index (χ3n) is 3.42. The molecular weight excluding hydrogens is 238 g/mol. The summed E-state index contributed by atoms with van der Waals surface area (Å²) < 4.78 is 5.21. The summed E-state index contributed by atoms with van der Waals surface area (Å²) in [6, 6.07) is 0. The minimum absolute atomic E-state index is 0.278. The number of unbranched alkanes of at least 4 members (excludes halogenated alkanes) is 2. The molecule has 1 N–H and O–H groups in total. The lowest BCUT2D eigenvalue weighted by atomic mass is 9.87. The Morgan fingerprint density at radius 2 is 2.00 bits per heavy atom. The average molecular weight is 265 g/mol. The first-order chi connectivity index (χ1) is 9.00. The largest absolute Gasteiger partial charge is 0.481 e. The SMILES string of the molecule is CCCCCC(C)(C)CNc1ncnc(OC)c1C. The number of hydrogen-bond acceptors (Lipinski definition) is 4. The van der Waals surface area contributed by atoms with E-state index >= 15 is 0 Å². The van der Waals surface area contributed by atoms with E-state index in [-0.39, 0.29) is 5.41 Å². The van der Waals surface area contributed by atoms with Gasteiger partial charge in [-0.2, -0.15) is 0 Å². The number of anilines is 1. The van der Waals surface area contributed by atoms with E-state index in [4.69, 9.17) is 4.74 Å². The van der Waals surface area contributed by atoms with Gasteiger partial charge in [0.05, 0.1) is 12.7 Å². The number of nitrogens with zero attached hydrogens (tertiary/aromatic N) is 2. The predicted octanol–water partition coefficient (Wildman–Crippen LogP) is 3.81. The minimum Gasteiger partial charge on any atom is -0.481 e. The van der Waals surface area contributed by atoms with Crippen molar-refractivity contribution in [1.29, 1.82) is 0 Å². The number of aromatic nitrogens is 2. The zero-order chi connectivity index (χ0) is 14.3. The van der Waals surface area contributed by atoms with Crippen molar-refractivity contribution in [2.24, 2.45) is 5.41 Å². The summed E-state index contributed by atoms with van der Waals surface area (Å²) in [6.07, 6.45) is 6.64. The molecule has 0 saturated carbocycles. The van der Waals surface area contributed by atoms with Gasteiger partial charge >= 0.3 is 0 Å². The fourth-order valence-electron chi connectivity index (χ4n) is 2.08. The Bertz CT molecular complexity index is 391. The molecule has 0 fully saturated rings. The molecule has 0 aliphatic heterocycles. The van der Waals surface area contributed by atoms with Crippen molar-refractivity contribution in [3.8, 4) is 5.88 Å². The molecule has 19 heavy (non-hydrogen) atoms. The summed E-state index contributed by atoms with van der Waals surface area (Å²) in [6.45, 7) is 9.72. The monoisotopic (exact) mass is 265 g/mol. The molecule has 0 aliphatic rings. The topological polar surface area (TPSA) is 47.0 Å². The van der Waals surface area contributed by atoms with Crippen molar-refractivity contribution < 1.29 is 4.74 Å². The van der Waals surface area contributed by atoms with Crippen molar-refractivity contribution in [2.45, 2.75) is 53.4 Å². The number of methoxy groups -OCH3 is 1. The van der Waals surface area contributed by atoms with Crippen LogP contribution in [0.1, 0.15) is 52.0 Å². The van der Waals surface area contributed by atoms with Gasteiger partial charge in [-0.05, 0) is 18.8 Å². The Morgan fingerprint density at radius 1 is 1.26 bits per heavy atom. The molecule has 0 unspecified atom stereocenters. The molecule has 0 spiro atoms. The van der Waals surface area contributed by atoms with Crippen molar-refractivity contribution in [3.05, 3.63) is 11.9 Å². The van der Waals surface area contributed by atoms with E-state index in [1.807, 2.05) is 6.92 Å².